The van der Waals surface area contributed by atoms with Crippen molar-refractivity contribution in [2.24, 2.45) is 11.3 Å². The van der Waals surface area contributed by atoms with Gasteiger partial charge in [0.2, 0.25) is 0 Å². The summed E-state index contributed by atoms with van der Waals surface area (Å²) in [5, 5.41) is 4.37. The van der Waals surface area contributed by atoms with Gasteiger partial charge < -0.3 is 5.32 Å². The molecule has 0 atom stereocenters. The second-order valence-corrected chi connectivity index (χ2v) is 4.10. The molecule has 1 saturated heterocycles. The van der Waals surface area contributed by atoms with Gasteiger partial charge in [-0.2, -0.15) is 0 Å². The van der Waals surface area contributed by atoms with Crippen LogP contribution in [0.2, 0.25) is 0 Å². The van der Waals surface area contributed by atoms with Crippen LogP contribution >= 0.6 is 0 Å². The van der Waals surface area contributed by atoms with Crippen molar-refractivity contribution in [2.75, 3.05) is 13.1 Å². The Morgan fingerprint density at radius 1 is 1.18 bits per heavy atom. The Morgan fingerprint density at radius 2 is 1.73 bits per heavy atom. The van der Waals surface area contributed by atoms with Crippen LogP contribution in [0.25, 0.3) is 5.32 Å². The summed E-state index contributed by atoms with van der Waals surface area (Å²) < 4.78 is 0. The van der Waals surface area contributed by atoms with Gasteiger partial charge >= 0.3 is 51.4 Å². The normalized spacial score (nSPS) is 29.2. The van der Waals surface area contributed by atoms with E-state index in [1.54, 1.807) is 0 Å². The Morgan fingerprint density at radius 3 is 2.18 bits per heavy atom. The van der Waals surface area contributed by atoms with E-state index in [-0.39, 0.29) is 51.4 Å². The number of hydrogen-bond acceptors (Lipinski definition) is 0. The summed E-state index contributed by atoms with van der Waals surface area (Å²) in [6.07, 6.45) is 5.71. The van der Waals surface area contributed by atoms with E-state index in [4.69, 9.17) is 0 Å². The molecule has 0 unspecified atom stereocenters. The molecule has 1 aliphatic heterocycles. The summed E-state index contributed by atoms with van der Waals surface area (Å²) in [5.74, 6) is 1.02. The molecule has 2 fully saturated rings. The van der Waals surface area contributed by atoms with Gasteiger partial charge in [-0.25, -0.2) is 0 Å². The van der Waals surface area contributed by atoms with Crippen molar-refractivity contribution in [1.82, 2.24) is 0 Å². The van der Waals surface area contributed by atoms with Crippen LogP contribution in [0.5, 0.6) is 0 Å². The maximum absolute atomic E-state index is 4.37. The average Bonchev–Trinajstić information content (AvgIpc) is 2.72. The molecule has 11 heavy (non-hydrogen) atoms. The molecule has 58 valence electrons. The Bertz CT molecular complexity index is 126. The van der Waals surface area contributed by atoms with Gasteiger partial charge in [-0.3, -0.25) is 0 Å². The summed E-state index contributed by atoms with van der Waals surface area (Å²) in [6.45, 7) is 4.73. The minimum absolute atomic E-state index is 0. The largest absolute Gasteiger partial charge is 1.00 e. The third kappa shape index (κ3) is 2.52. The van der Waals surface area contributed by atoms with E-state index in [9.17, 15) is 0 Å². The topological polar surface area (TPSA) is 14.1 Å². The first kappa shape index (κ1) is 10.7. The summed E-state index contributed by atoms with van der Waals surface area (Å²) >= 11 is 0. The Labute approximate surface area is 112 Å². The summed E-state index contributed by atoms with van der Waals surface area (Å²) in [7, 11) is 0. The minimum atomic E-state index is 0. The van der Waals surface area contributed by atoms with Crippen LogP contribution in [0.4, 0.5) is 0 Å². The molecule has 0 amide bonds. The quantitative estimate of drug-likeness (QED) is 0.483. The van der Waals surface area contributed by atoms with Crippen molar-refractivity contribution in [3.63, 3.8) is 0 Å². The van der Waals surface area contributed by atoms with Crippen molar-refractivity contribution in [2.45, 2.75) is 32.6 Å². The molecule has 0 bridgehead atoms. The van der Waals surface area contributed by atoms with Crippen LogP contribution in [0.3, 0.4) is 0 Å². The van der Waals surface area contributed by atoms with E-state index in [1.165, 1.54) is 25.7 Å². The minimum Gasteiger partial charge on any atom is -0.662 e. The van der Waals surface area contributed by atoms with Gasteiger partial charge in [0, 0.05) is 0 Å². The third-order valence-electron chi connectivity index (χ3n) is 3.30. The Kier molecular flexibility index (Phi) is 4.08. The number of rotatable bonds is 1. The van der Waals surface area contributed by atoms with Gasteiger partial charge in [-0.15, -0.1) is 13.1 Å². The van der Waals surface area contributed by atoms with E-state index in [1.807, 2.05) is 0 Å². The molecule has 0 aromatic rings. The molecule has 0 radical (unpaired) electrons. The van der Waals surface area contributed by atoms with E-state index in [0.717, 1.165) is 24.4 Å². The van der Waals surface area contributed by atoms with Gasteiger partial charge in [0.05, 0.1) is 0 Å². The fraction of sp³-hybridized carbons (Fsp3) is 1.00. The number of nitrogens with zero attached hydrogens (tertiary/aromatic N) is 1. The third-order valence-corrected chi connectivity index (χ3v) is 3.30. The van der Waals surface area contributed by atoms with Crippen molar-refractivity contribution in [1.29, 1.82) is 0 Å². The molecule has 2 rings (SSSR count). The van der Waals surface area contributed by atoms with Crippen LogP contribution in [-0.2, 0) is 0 Å². The van der Waals surface area contributed by atoms with E-state index >= 15 is 0 Å². The van der Waals surface area contributed by atoms with Crippen LogP contribution < -0.4 is 51.4 Å². The zero-order valence-electron chi connectivity index (χ0n) is 7.77. The van der Waals surface area contributed by atoms with Gasteiger partial charge in [0.25, 0.3) is 0 Å². The number of piperidine rings is 1. The molecule has 2 heteroatoms. The monoisotopic (exact) mass is 177 g/mol. The maximum Gasteiger partial charge on any atom is 1.00 e. The second-order valence-electron chi connectivity index (χ2n) is 4.10. The molecule has 1 heterocycles. The van der Waals surface area contributed by atoms with E-state index in [2.05, 4.69) is 12.2 Å². The zero-order chi connectivity index (χ0) is 7.03. The second kappa shape index (κ2) is 4.21. The smallest absolute Gasteiger partial charge is 0.662 e. The van der Waals surface area contributed by atoms with Crippen molar-refractivity contribution >= 4 is 0 Å². The molecular weight excluding hydrogens is 161 g/mol. The molecule has 1 nitrogen and oxygen atoms in total. The summed E-state index contributed by atoms with van der Waals surface area (Å²) in [6, 6.07) is 0. The Balaban J connectivity index is 0.000000605. The van der Waals surface area contributed by atoms with Crippen LogP contribution in [0.15, 0.2) is 0 Å². The van der Waals surface area contributed by atoms with Gasteiger partial charge in [0.1, 0.15) is 0 Å². The first-order chi connectivity index (χ1) is 4.81. The first-order valence-electron chi connectivity index (χ1n) is 4.44. The van der Waals surface area contributed by atoms with Crippen molar-refractivity contribution in [3.8, 4) is 0 Å². The van der Waals surface area contributed by atoms with Gasteiger partial charge in [0.15, 0.2) is 0 Å². The van der Waals surface area contributed by atoms with E-state index in [0.29, 0.717) is 0 Å². The molecule has 0 N–H and O–H groups in total. The fourth-order valence-electron chi connectivity index (χ4n) is 2.05. The molecule has 0 aromatic carbocycles. The Hall–Kier alpha value is 1.60. The number of hydrogen-bond donors (Lipinski definition) is 0. The molecular formula is C9H16KN. The maximum atomic E-state index is 4.37. The predicted molar refractivity (Wildman–Crippen MR) is 43.2 cm³/mol. The first-order valence-corrected chi connectivity index (χ1v) is 4.44. The molecule has 0 spiro atoms. The zero-order valence-corrected chi connectivity index (χ0v) is 10.9. The molecule has 0 aromatic heterocycles. The van der Waals surface area contributed by atoms with Crippen LogP contribution in [-0.4, -0.2) is 13.1 Å². The molecule has 2 aliphatic rings. The summed E-state index contributed by atoms with van der Waals surface area (Å²) in [5.41, 5.74) is 0.760. The average molecular weight is 177 g/mol. The predicted octanol–water partition coefficient (Wildman–Crippen LogP) is -0.426. The van der Waals surface area contributed by atoms with Crippen LogP contribution in [0.1, 0.15) is 32.6 Å². The molecule has 1 saturated carbocycles. The van der Waals surface area contributed by atoms with Gasteiger partial charge in [-0.05, 0) is 24.2 Å². The fourth-order valence-corrected chi connectivity index (χ4v) is 2.05. The van der Waals surface area contributed by atoms with Crippen LogP contribution in [0, 0.1) is 11.3 Å². The van der Waals surface area contributed by atoms with Gasteiger partial charge in [-0.1, -0.05) is 19.8 Å². The van der Waals surface area contributed by atoms with Crippen molar-refractivity contribution in [3.05, 3.63) is 5.32 Å². The van der Waals surface area contributed by atoms with E-state index < -0.39 is 0 Å². The summed E-state index contributed by atoms with van der Waals surface area (Å²) in [4.78, 5) is 0. The molecule has 1 aliphatic carbocycles. The van der Waals surface area contributed by atoms with Crippen molar-refractivity contribution < 1.29 is 51.4 Å². The standard InChI is InChI=1S/C9H16N.K/c1-9(4-5-9)8-2-6-10-7-3-8;/h8H,2-7H2,1H3;/q-1;+1. The SMILES string of the molecule is CC1(C2CC[N-]CC2)CC1.[K+].